The van der Waals surface area contributed by atoms with Crippen molar-refractivity contribution in [2.45, 2.75) is 45.8 Å². The summed E-state index contributed by atoms with van der Waals surface area (Å²) in [7, 11) is 0. The second kappa shape index (κ2) is 8.33. The first-order valence-electron chi connectivity index (χ1n) is 10.4. The highest BCUT2D eigenvalue weighted by Gasteiger charge is 2.28. The van der Waals surface area contributed by atoms with Crippen LogP contribution in [-0.2, 0) is 4.74 Å². The number of ether oxygens (including phenoxy) is 1. The van der Waals surface area contributed by atoms with Gasteiger partial charge < -0.3 is 15.8 Å². The molecule has 1 fully saturated rings. The number of amides is 1. The van der Waals surface area contributed by atoms with Crippen LogP contribution < -0.4 is 11.1 Å². The molecule has 0 bridgehead atoms. The van der Waals surface area contributed by atoms with Crippen LogP contribution in [0.2, 0.25) is 0 Å². The van der Waals surface area contributed by atoms with Crippen molar-refractivity contribution in [2.75, 3.05) is 11.1 Å². The lowest BCUT2D eigenvalue weighted by atomic mass is 9.96. The molecule has 0 unspecified atom stereocenters. The average Bonchev–Trinajstić information content (AvgIpc) is 3.24. The van der Waals surface area contributed by atoms with Gasteiger partial charge in [-0.25, -0.2) is 0 Å². The van der Waals surface area contributed by atoms with Gasteiger partial charge in [0.15, 0.2) is 0 Å². The lowest BCUT2D eigenvalue weighted by Crippen LogP contribution is -2.13. The molecule has 1 heterocycles. The van der Waals surface area contributed by atoms with E-state index in [0.717, 1.165) is 18.4 Å². The van der Waals surface area contributed by atoms with Gasteiger partial charge in [-0.05, 0) is 85.7 Å². The number of benzene rings is 3. The number of aryl methyl sites for hydroxylation is 2. The molecule has 3 aromatic carbocycles. The molecule has 1 saturated heterocycles. The number of carbonyl (C=O) groups is 1. The smallest absolute Gasteiger partial charge is 0.255 e. The molecule has 1 aliphatic heterocycles. The fraction of sp³-hybridized carbons (Fsp3) is 0.269. The van der Waals surface area contributed by atoms with Gasteiger partial charge in [0.25, 0.3) is 5.91 Å². The van der Waals surface area contributed by atoms with Gasteiger partial charge in [0, 0.05) is 5.56 Å². The van der Waals surface area contributed by atoms with Crippen molar-refractivity contribution in [1.29, 1.82) is 0 Å². The largest absolute Gasteiger partial charge is 0.397 e. The minimum atomic E-state index is -0.171. The summed E-state index contributed by atoms with van der Waals surface area (Å²) in [6, 6.07) is 19.4. The number of carbonyl (C=O) groups excluding carboxylic acids is 1. The summed E-state index contributed by atoms with van der Waals surface area (Å²) in [5.74, 6) is -0.171. The molecular weight excluding hydrogens is 372 g/mol. The maximum Gasteiger partial charge on any atom is 0.255 e. The van der Waals surface area contributed by atoms with Crippen molar-refractivity contribution in [2.24, 2.45) is 0 Å². The van der Waals surface area contributed by atoms with Gasteiger partial charge in [-0.2, -0.15) is 0 Å². The number of hydrogen-bond acceptors (Lipinski definition) is 3. The molecular formula is C26H28N2O2. The Labute approximate surface area is 178 Å². The highest BCUT2D eigenvalue weighted by molar-refractivity contribution is 6.05. The summed E-state index contributed by atoms with van der Waals surface area (Å²) in [4.78, 5) is 12.5. The summed E-state index contributed by atoms with van der Waals surface area (Å²) in [6.07, 6.45) is 2.15. The molecule has 4 heteroatoms. The van der Waals surface area contributed by atoms with Crippen LogP contribution in [0.25, 0.3) is 0 Å². The van der Waals surface area contributed by atoms with Crippen molar-refractivity contribution < 1.29 is 9.53 Å². The molecule has 154 valence electrons. The molecule has 4 nitrogen and oxygen atoms in total. The molecule has 1 amide bonds. The van der Waals surface area contributed by atoms with Gasteiger partial charge in [0.1, 0.15) is 0 Å². The van der Waals surface area contributed by atoms with E-state index in [-0.39, 0.29) is 18.1 Å². The van der Waals surface area contributed by atoms with E-state index in [4.69, 9.17) is 10.5 Å². The van der Waals surface area contributed by atoms with Gasteiger partial charge in [-0.15, -0.1) is 0 Å². The van der Waals surface area contributed by atoms with E-state index in [9.17, 15) is 4.79 Å². The molecule has 3 N–H and O–H groups in total. The Hall–Kier alpha value is -3.11. The predicted octanol–water partition coefficient (Wildman–Crippen LogP) is 6.04. The Balaban J connectivity index is 1.43. The van der Waals surface area contributed by atoms with E-state index in [1.165, 1.54) is 22.3 Å². The van der Waals surface area contributed by atoms with Gasteiger partial charge >= 0.3 is 0 Å². The van der Waals surface area contributed by atoms with Crippen LogP contribution in [-0.4, -0.2) is 5.91 Å². The van der Waals surface area contributed by atoms with Crippen LogP contribution in [0.3, 0.4) is 0 Å². The lowest BCUT2D eigenvalue weighted by Gasteiger charge is -2.17. The normalized spacial score (nSPS) is 18.4. The van der Waals surface area contributed by atoms with E-state index >= 15 is 0 Å². The Kier molecular flexibility index (Phi) is 5.60. The number of anilines is 2. The number of para-hydroxylation sites is 2. The maximum atomic E-state index is 12.5. The first kappa shape index (κ1) is 20.2. The monoisotopic (exact) mass is 400 g/mol. The number of rotatable bonds is 4. The van der Waals surface area contributed by atoms with E-state index in [2.05, 4.69) is 38.2 Å². The van der Waals surface area contributed by atoms with Crippen LogP contribution in [0, 0.1) is 20.8 Å². The van der Waals surface area contributed by atoms with Crippen LogP contribution >= 0.6 is 0 Å². The third-order valence-electron chi connectivity index (χ3n) is 6.09. The minimum absolute atomic E-state index is 0.0544. The molecule has 0 saturated carbocycles. The second-order valence-corrected chi connectivity index (χ2v) is 8.13. The summed E-state index contributed by atoms with van der Waals surface area (Å²) in [6.45, 7) is 6.48. The average molecular weight is 401 g/mol. The molecule has 0 aliphatic carbocycles. The van der Waals surface area contributed by atoms with Crippen molar-refractivity contribution in [3.63, 3.8) is 0 Å². The fourth-order valence-electron chi connectivity index (χ4n) is 4.04. The number of nitrogens with one attached hydrogen (secondary N) is 1. The highest BCUT2D eigenvalue weighted by Crippen LogP contribution is 2.41. The fourth-order valence-corrected chi connectivity index (χ4v) is 4.04. The SMILES string of the molecule is Cc1cc([C@@H]2CC[C@@H](c3ccc(C(=O)Nc4ccccc4N)cc3)O2)cc(C)c1C. The van der Waals surface area contributed by atoms with E-state index in [1.54, 1.807) is 12.1 Å². The van der Waals surface area contributed by atoms with Crippen molar-refractivity contribution in [3.05, 3.63) is 94.0 Å². The van der Waals surface area contributed by atoms with Crippen molar-refractivity contribution in [1.82, 2.24) is 0 Å². The molecule has 0 radical (unpaired) electrons. The summed E-state index contributed by atoms with van der Waals surface area (Å²) in [5, 5.41) is 2.86. The van der Waals surface area contributed by atoms with Gasteiger partial charge in [-0.3, -0.25) is 4.79 Å². The molecule has 4 rings (SSSR count). The lowest BCUT2D eigenvalue weighted by molar-refractivity contribution is 0.0440. The highest BCUT2D eigenvalue weighted by atomic mass is 16.5. The van der Waals surface area contributed by atoms with Crippen LogP contribution in [0.1, 0.15) is 63.2 Å². The Morgan fingerprint density at radius 2 is 1.50 bits per heavy atom. The van der Waals surface area contributed by atoms with Gasteiger partial charge in [0.2, 0.25) is 0 Å². The molecule has 2 atom stereocenters. The molecule has 30 heavy (non-hydrogen) atoms. The van der Waals surface area contributed by atoms with Crippen LogP contribution in [0.4, 0.5) is 11.4 Å². The van der Waals surface area contributed by atoms with E-state index < -0.39 is 0 Å². The zero-order valence-electron chi connectivity index (χ0n) is 17.7. The first-order chi connectivity index (χ1) is 14.4. The van der Waals surface area contributed by atoms with E-state index in [1.807, 2.05) is 36.4 Å². The second-order valence-electron chi connectivity index (χ2n) is 8.13. The number of nitrogen functional groups attached to an aromatic ring is 1. The van der Waals surface area contributed by atoms with Gasteiger partial charge in [-0.1, -0.05) is 36.4 Å². The number of hydrogen-bond donors (Lipinski definition) is 2. The van der Waals surface area contributed by atoms with Crippen LogP contribution in [0.15, 0.2) is 60.7 Å². The third-order valence-corrected chi connectivity index (χ3v) is 6.09. The van der Waals surface area contributed by atoms with Crippen molar-refractivity contribution in [3.8, 4) is 0 Å². The molecule has 0 aromatic heterocycles. The zero-order valence-corrected chi connectivity index (χ0v) is 17.7. The Morgan fingerprint density at radius 1 is 0.900 bits per heavy atom. The zero-order chi connectivity index (χ0) is 21.3. The number of nitrogens with two attached hydrogens (primary N) is 1. The van der Waals surface area contributed by atoms with E-state index in [0.29, 0.717) is 16.9 Å². The Bertz CT molecular complexity index is 1050. The quantitative estimate of drug-likeness (QED) is 0.525. The summed E-state index contributed by atoms with van der Waals surface area (Å²) >= 11 is 0. The molecule has 0 spiro atoms. The third kappa shape index (κ3) is 4.10. The maximum absolute atomic E-state index is 12.5. The molecule has 1 aliphatic rings. The molecule has 3 aromatic rings. The topological polar surface area (TPSA) is 64.4 Å². The summed E-state index contributed by atoms with van der Waals surface area (Å²) in [5.41, 5.74) is 14.0. The van der Waals surface area contributed by atoms with Crippen molar-refractivity contribution >= 4 is 17.3 Å². The standard InChI is InChI=1S/C26H28N2O2/c1-16-14-21(15-17(2)18(16)3)25-13-12-24(30-25)19-8-10-20(11-9-19)26(29)28-23-7-5-4-6-22(23)27/h4-11,14-15,24-25H,12-13,27H2,1-3H3,(H,28,29)/t24-,25-/m0/s1. The minimum Gasteiger partial charge on any atom is -0.397 e. The van der Waals surface area contributed by atoms with Crippen LogP contribution in [0.5, 0.6) is 0 Å². The first-order valence-corrected chi connectivity index (χ1v) is 10.4. The Morgan fingerprint density at radius 3 is 2.13 bits per heavy atom. The van der Waals surface area contributed by atoms with Gasteiger partial charge in [0.05, 0.1) is 23.6 Å². The summed E-state index contributed by atoms with van der Waals surface area (Å²) < 4.78 is 6.38. The predicted molar refractivity (Wildman–Crippen MR) is 122 cm³/mol.